The van der Waals surface area contributed by atoms with Crippen LogP contribution in [0.25, 0.3) is 0 Å². The van der Waals surface area contributed by atoms with Crippen molar-refractivity contribution in [3.8, 4) is 5.88 Å². The van der Waals surface area contributed by atoms with E-state index in [0.29, 0.717) is 0 Å². The lowest BCUT2D eigenvalue weighted by Crippen LogP contribution is -2.28. The van der Waals surface area contributed by atoms with Crippen molar-refractivity contribution in [3.05, 3.63) is 46.6 Å². The molecule has 0 atom stereocenters. The second-order valence-electron chi connectivity index (χ2n) is 4.13. The van der Waals surface area contributed by atoms with Gasteiger partial charge >= 0.3 is 0 Å². The zero-order valence-corrected chi connectivity index (χ0v) is 12.5. The van der Waals surface area contributed by atoms with Gasteiger partial charge in [-0.3, -0.25) is 10.1 Å². The number of non-ortho nitro benzene ring substituents is 1. The van der Waals surface area contributed by atoms with Crippen molar-refractivity contribution < 1.29 is 18.1 Å². The smallest absolute Gasteiger partial charge is 0.270 e. The number of sulfonamides is 1. The van der Waals surface area contributed by atoms with Gasteiger partial charge in [0.15, 0.2) is 0 Å². The van der Waals surface area contributed by atoms with Gasteiger partial charge in [-0.2, -0.15) is 4.98 Å². The van der Waals surface area contributed by atoms with Gasteiger partial charge < -0.3 is 4.74 Å². The number of benzene rings is 1. The summed E-state index contributed by atoms with van der Waals surface area (Å²) in [6.45, 7) is 0. The average molecular weight is 324 g/mol. The molecule has 0 spiro atoms. The maximum Gasteiger partial charge on any atom is 0.270 e. The van der Waals surface area contributed by atoms with E-state index in [4.69, 9.17) is 4.74 Å². The van der Waals surface area contributed by atoms with Crippen LogP contribution in [-0.2, 0) is 10.0 Å². The largest absolute Gasteiger partial charge is 0.481 e. The van der Waals surface area contributed by atoms with Gasteiger partial charge in [-0.15, -0.1) is 0 Å². The van der Waals surface area contributed by atoms with Gasteiger partial charge in [0.25, 0.3) is 15.7 Å². The Kier molecular flexibility index (Phi) is 4.22. The Hall–Kier alpha value is -2.75. The summed E-state index contributed by atoms with van der Waals surface area (Å²) in [5, 5.41) is 10.8. The lowest BCUT2D eigenvalue weighted by Gasteiger charge is -2.17. The summed E-state index contributed by atoms with van der Waals surface area (Å²) in [5.41, 5.74) is -0.318. The number of aromatic nitrogens is 2. The molecule has 0 saturated heterocycles. The molecule has 22 heavy (non-hydrogen) atoms. The highest BCUT2D eigenvalue weighted by Crippen LogP contribution is 2.23. The van der Waals surface area contributed by atoms with Crippen LogP contribution in [0.2, 0.25) is 0 Å². The summed E-state index contributed by atoms with van der Waals surface area (Å²) >= 11 is 0. The predicted molar refractivity (Wildman–Crippen MR) is 77.3 cm³/mol. The molecule has 0 saturated carbocycles. The summed E-state index contributed by atoms with van der Waals surface area (Å²) in [4.78, 5) is 17.6. The highest BCUT2D eigenvalue weighted by Gasteiger charge is 2.25. The fourth-order valence-electron chi connectivity index (χ4n) is 1.62. The Morgan fingerprint density at radius 1 is 1.32 bits per heavy atom. The molecule has 2 aromatic rings. The average Bonchev–Trinajstić information content (AvgIpc) is 2.54. The highest BCUT2D eigenvalue weighted by molar-refractivity contribution is 7.92. The fourth-order valence-corrected chi connectivity index (χ4v) is 2.76. The van der Waals surface area contributed by atoms with Crippen LogP contribution in [0, 0.1) is 10.1 Å². The fraction of sp³-hybridized carbons (Fsp3) is 0.167. The number of nitrogens with zero attached hydrogens (tertiary/aromatic N) is 4. The van der Waals surface area contributed by atoms with E-state index in [1.165, 1.54) is 44.6 Å². The minimum atomic E-state index is -4.02. The first-order valence-electron chi connectivity index (χ1n) is 5.96. The van der Waals surface area contributed by atoms with Gasteiger partial charge in [0.05, 0.1) is 16.9 Å². The maximum atomic E-state index is 12.5. The Bertz CT molecular complexity index is 809. The van der Waals surface area contributed by atoms with Crippen LogP contribution < -0.4 is 9.04 Å². The molecular weight excluding hydrogens is 312 g/mol. The van der Waals surface area contributed by atoms with E-state index in [2.05, 4.69) is 9.97 Å². The van der Waals surface area contributed by atoms with Crippen molar-refractivity contribution in [1.82, 2.24) is 9.97 Å². The predicted octanol–water partition coefficient (Wildman–Crippen LogP) is 1.22. The monoisotopic (exact) mass is 324 g/mol. The van der Waals surface area contributed by atoms with Gasteiger partial charge in [-0.05, 0) is 6.07 Å². The Labute approximate surface area is 126 Å². The van der Waals surface area contributed by atoms with E-state index in [0.717, 1.165) is 10.4 Å². The van der Waals surface area contributed by atoms with E-state index in [-0.39, 0.29) is 22.4 Å². The molecule has 0 bridgehead atoms. The van der Waals surface area contributed by atoms with E-state index in [1.807, 2.05) is 0 Å². The molecule has 0 amide bonds. The Balaban J connectivity index is 2.45. The van der Waals surface area contributed by atoms with Crippen LogP contribution >= 0.6 is 0 Å². The van der Waals surface area contributed by atoms with Crippen molar-refractivity contribution in [2.45, 2.75) is 4.90 Å². The number of anilines is 1. The summed E-state index contributed by atoms with van der Waals surface area (Å²) in [5.74, 6) is 0.0944. The zero-order chi connectivity index (χ0) is 16.3. The zero-order valence-electron chi connectivity index (χ0n) is 11.7. The highest BCUT2D eigenvalue weighted by atomic mass is 32.2. The summed E-state index contributed by atoms with van der Waals surface area (Å²) in [7, 11) is -1.38. The van der Waals surface area contributed by atoms with Gasteiger partial charge in [-0.25, -0.2) is 17.7 Å². The van der Waals surface area contributed by atoms with Gasteiger partial charge in [0.2, 0.25) is 11.8 Å². The van der Waals surface area contributed by atoms with Crippen molar-refractivity contribution in [2.75, 3.05) is 18.5 Å². The first-order valence-corrected chi connectivity index (χ1v) is 7.40. The van der Waals surface area contributed by atoms with Crippen LogP contribution in [0.1, 0.15) is 0 Å². The van der Waals surface area contributed by atoms with Crippen molar-refractivity contribution in [1.29, 1.82) is 0 Å². The molecule has 0 aliphatic rings. The molecule has 0 radical (unpaired) electrons. The van der Waals surface area contributed by atoms with E-state index in [1.54, 1.807) is 0 Å². The SMILES string of the molecule is COc1ccnc(N(C)S(=O)(=O)c2cccc([N+](=O)[O-])c2)n1. The molecule has 0 unspecified atom stereocenters. The third-order valence-corrected chi connectivity index (χ3v) is 4.53. The molecule has 1 aromatic carbocycles. The van der Waals surface area contributed by atoms with Crippen molar-refractivity contribution in [3.63, 3.8) is 0 Å². The standard InChI is InChI=1S/C12H12N4O5S/c1-15(12-13-7-6-11(14-12)21-2)22(19,20)10-5-3-4-9(8-10)16(17)18/h3-8H,1-2H3. The number of nitro benzene ring substituents is 1. The van der Waals surface area contributed by atoms with E-state index >= 15 is 0 Å². The molecule has 1 aromatic heterocycles. The lowest BCUT2D eigenvalue weighted by atomic mass is 10.3. The van der Waals surface area contributed by atoms with Crippen LogP contribution in [-0.4, -0.2) is 37.5 Å². The number of methoxy groups -OCH3 is 1. The molecule has 2 rings (SSSR count). The normalized spacial score (nSPS) is 11.0. The molecule has 0 aliphatic carbocycles. The molecule has 1 heterocycles. The molecule has 0 N–H and O–H groups in total. The van der Waals surface area contributed by atoms with Crippen molar-refractivity contribution >= 4 is 21.7 Å². The first kappa shape index (κ1) is 15.6. The van der Waals surface area contributed by atoms with Crippen LogP contribution in [0.5, 0.6) is 5.88 Å². The van der Waals surface area contributed by atoms with Crippen LogP contribution in [0.15, 0.2) is 41.4 Å². The molecular formula is C12H12N4O5S. The molecule has 0 fully saturated rings. The summed E-state index contributed by atoms with van der Waals surface area (Å²) < 4.78 is 30.7. The number of ether oxygens (including phenoxy) is 1. The Morgan fingerprint density at radius 2 is 2.05 bits per heavy atom. The maximum absolute atomic E-state index is 12.5. The Morgan fingerprint density at radius 3 is 2.68 bits per heavy atom. The van der Waals surface area contributed by atoms with Crippen LogP contribution in [0.4, 0.5) is 11.6 Å². The summed E-state index contributed by atoms with van der Waals surface area (Å²) in [6.07, 6.45) is 1.35. The second kappa shape index (κ2) is 5.93. The minimum Gasteiger partial charge on any atom is -0.481 e. The topological polar surface area (TPSA) is 116 Å². The quantitative estimate of drug-likeness (QED) is 0.599. The number of hydrogen-bond donors (Lipinski definition) is 0. The lowest BCUT2D eigenvalue weighted by molar-refractivity contribution is -0.385. The molecule has 0 aliphatic heterocycles. The van der Waals surface area contributed by atoms with E-state index in [9.17, 15) is 18.5 Å². The first-order chi connectivity index (χ1) is 10.4. The van der Waals surface area contributed by atoms with Crippen molar-refractivity contribution in [2.24, 2.45) is 0 Å². The summed E-state index contributed by atoms with van der Waals surface area (Å²) in [6, 6.07) is 6.22. The van der Waals surface area contributed by atoms with Gasteiger partial charge in [-0.1, -0.05) is 6.07 Å². The molecule has 10 heteroatoms. The van der Waals surface area contributed by atoms with Gasteiger partial charge in [0.1, 0.15) is 0 Å². The molecule has 116 valence electrons. The minimum absolute atomic E-state index is 0.106. The third-order valence-electron chi connectivity index (χ3n) is 2.79. The van der Waals surface area contributed by atoms with Gasteiger partial charge in [0, 0.05) is 31.4 Å². The number of rotatable bonds is 5. The number of hydrogen-bond acceptors (Lipinski definition) is 7. The van der Waals surface area contributed by atoms with Crippen LogP contribution in [0.3, 0.4) is 0 Å². The third kappa shape index (κ3) is 2.96. The van der Waals surface area contributed by atoms with E-state index < -0.39 is 14.9 Å². The molecule has 9 nitrogen and oxygen atoms in total. The number of nitro groups is 1. The second-order valence-corrected chi connectivity index (χ2v) is 6.10.